The second kappa shape index (κ2) is 13.0. The number of carbonyl (C=O) groups is 1. The zero-order chi connectivity index (χ0) is 30.8. The third-order valence-corrected chi connectivity index (χ3v) is 8.79. The summed E-state index contributed by atoms with van der Waals surface area (Å²) in [6, 6.07) is 16.9. The highest BCUT2D eigenvalue weighted by molar-refractivity contribution is 6.34. The van der Waals surface area contributed by atoms with Gasteiger partial charge in [-0.05, 0) is 41.3 Å². The van der Waals surface area contributed by atoms with Crippen LogP contribution >= 0.6 is 11.6 Å². The van der Waals surface area contributed by atoms with E-state index in [-0.39, 0.29) is 17.6 Å². The minimum absolute atomic E-state index is 0.0737. The van der Waals surface area contributed by atoms with Gasteiger partial charge in [0.2, 0.25) is 5.91 Å². The lowest BCUT2D eigenvalue weighted by Crippen LogP contribution is -2.48. The van der Waals surface area contributed by atoms with Crippen LogP contribution in [0.4, 0.5) is 10.2 Å². The van der Waals surface area contributed by atoms with Gasteiger partial charge in [0.15, 0.2) is 0 Å². The standard InChI is InChI=1S/C35H37ClFN5O2/c1-4-31(43)41-13-15-42(16-14-41)35-27-21-28(36)33(26-11-7-8-12-29(26)37)39-34(27)32(25-10-6-5-9-24(25)23(2)3)30(38-35)22-40-17-19-44-20-18-40/h4-12,21,23H,1,13-20,22H2,2-3H3. The van der Waals surface area contributed by atoms with E-state index in [0.29, 0.717) is 62.2 Å². The smallest absolute Gasteiger partial charge is 0.246 e. The summed E-state index contributed by atoms with van der Waals surface area (Å²) < 4.78 is 20.8. The van der Waals surface area contributed by atoms with Crippen molar-refractivity contribution in [3.05, 3.63) is 89.3 Å². The van der Waals surface area contributed by atoms with Gasteiger partial charge in [-0.15, -0.1) is 0 Å². The molecular weight excluding hydrogens is 577 g/mol. The average Bonchev–Trinajstić information content (AvgIpc) is 3.05. The molecule has 2 aromatic carbocycles. The van der Waals surface area contributed by atoms with Gasteiger partial charge < -0.3 is 14.5 Å². The second-order valence-corrected chi connectivity index (χ2v) is 12.0. The molecule has 6 rings (SSSR count). The van der Waals surface area contributed by atoms with E-state index in [0.717, 1.165) is 46.6 Å². The van der Waals surface area contributed by atoms with E-state index in [1.165, 1.54) is 17.7 Å². The van der Waals surface area contributed by atoms with Crippen molar-refractivity contribution in [1.29, 1.82) is 0 Å². The van der Waals surface area contributed by atoms with Crippen molar-refractivity contribution in [3.63, 3.8) is 0 Å². The summed E-state index contributed by atoms with van der Waals surface area (Å²) in [6.45, 7) is 13.9. The maximum absolute atomic E-state index is 15.2. The molecule has 228 valence electrons. The highest BCUT2D eigenvalue weighted by Crippen LogP contribution is 2.42. The van der Waals surface area contributed by atoms with E-state index >= 15 is 4.39 Å². The Hall–Kier alpha value is -3.85. The van der Waals surface area contributed by atoms with Gasteiger partial charge in [-0.2, -0.15) is 0 Å². The first-order valence-corrected chi connectivity index (χ1v) is 15.6. The van der Waals surface area contributed by atoms with Crippen molar-refractivity contribution < 1.29 is 13.9 Å². The van der Waals surface area contributed by atoms with Crippen LogP contribution in [0.5, 0.6) is 0 Å². The first-order chi connectivity index (χ1) is 21.4. The molecule has 0 unspecified atom stereocenters. The number of anilines is 1. The lowest BCUT2D eigenvalue weighted by Gasteiger charge is -2.36. The Morgan fingerprint density at radius 1 is 1.00 bits per heavy atom. The quantitative estimate of drug-likeness (QED) is 0.220. The molecule has 44 heavy (non-hydrogen) atoms. The number of amides is 1. The Balaban J connectivity index is 1.62. The highest BCUT2D eigenvalue weighted by Gasteiger charge is 2.28. The number of benzene rings is 2. The predicted octanol–water partition coefficient (Wildman–Crippen LogP) is 6.55. The maximum Gasteiger partial charge on any atom is 0.246 e. The summed E-state index contributed by atoms with van der Waals surface area (Å²) in [6.07, 6.45) is 1.36. The van der Waals surface area contributed by atoms with Crippen LogP contribution in [0, 0.1) is 5.82 Å². The zero-order valence-electron chi connectivity index (χ0n) is 25.2. The number of piperazine rings is 1. The number of morpholine rings is 1. The van der Waals surface area contributed by atoms with Gasteiger partial charge in [-0.3, -0.25) is 9.69 Å². The molecule has 0 aliphatic carbocycles. The highest BCUT2D eigenvalue weighted by atomic mass is 35.5. The molecule has 2 aromatic heterocycles. The largest absolute Gasteiger partial charge is 0.379 e. The Morgan fingerprint density at radius 2 is 1.68 bits per heavy atom. The van der Waals surface area contributed by atoms with E-state index in [2.05, 4.69) is 48.4 Å². The van der Waals surface area contributed by atoms with Crippen molar-refractivity contribution in [2.24, 2.45) is 0 Å². The molecule has 0 radical (unpaired) electrons. The lowest BCUT2D eigenvalue weighted by atomic mass is 9.90. The van der Waals surface area contributed by atoms with Crippen molar-refractivity contribution in [1.82, 2.24) is 19.8 Å². The van der Waals surface area contributed by atoms with Crippen molar-refractivity contribution >= 4 is 34.2 Å². The summed E-state index contributed by atoms with van der Waals surface area (Å²) in [4.78, 5) is 29.3. The zero-order valence-corrected chi connectivity index (χ0v) is 26.0. The molecule has 0 bridgehead atoms. The minimum atomic E-state index is -0.379. The van der Waals surface area contributed by atoms with Crippen LogP contribution in [0.15, 0.2) is 67.3 Å². The number of ether oxygens (including phenoxy) is 1. The number of halogens is 2. The van der Waals surface area contributed by atoms with E-state index < -0.39 is 0 Å². The monoisotopic (exact) mass is 613 g/mol. The number of aromatic nitrogens is 2. The van der Waals surface area contributed by atoms with Crippen LogP contribution in [0.25, 0.3) is 33.3 Å². The van der Waals surface area contributed by atoms with Crippen molar-refractivity contribution in [3.8, 4) is 22.4 Å². The third-order valence-electron chi connectivity index (χ3n) is 8.51. The van der Waals surface area contributed by atoms with Gasteiger partial charge >= 0.3 is 0 Å². The minimum Gasteiger partial charge on any atom is -0.379 e. The van der Waals surface area contributed by atoms with Crippen LogP contribution < -0.4 is 4.90 Å². The van der Waals surface area contributed by atoms with Crippen LogP contribution in [0.2, 0.25) is 5.02 Å². The lowest BCUT2D eigenvalue weighted by molar-refractivity contribution is -0.126. The average molecular weight is 614 g/mol. The van der Waals surface area contributed by atoms with E-state index in [1.54, 1.807) is 23.1 Å². The molecule has 1 amide bonds. The molecule has 0 N–H and O–H groups in total. The summed E-state index contributed by atoms with van der Waals surface area (Å²) in [5.41, 5.74) is 5.58. The van der Waals surface area contributed by atoms with Crippen LogP contribution in [0.3, 0.4) is 0 Å². The molecule has 4 aromatic rings. The predicted molar refractivity (Wildman–Crippen MR) is 175 cm³/mol. The SMILES string of the molecule is C=CC(=O)N1CCN(c2nc(CN3CCOCC3)c(-c3ccccc3C(C)C)c3nc(-c4ccccc4F)c(Cl)cc23)CC1. The number of hydrogen-bond donors (Lipinski definition) is 0. The third kappa shape index (κ3) is 5.94. The van der Waals surface area contributed by atoms with E-state index in [9.17, 15) is 4.79 Å². The molecule has 2 saturated heterocycles. The Bertz CT molecular complexity index is 1700. The van der Waals surface area contributed by atoms with Gasteiger partial charge in [0.1, 0.15) is 11.6 Å². The number of fused-ring (bicyclic) bond motifs is 1. The normalized spacial score (nSPS) is 16.1. The summed E-state index contributed by atoms with van der Waals surface area (Å²) in [5.74, 6) is 0.576. The number of hydrogen-bond acceptors (Lipinski definition) is 6. The fourth-order valence-corrected chi connectivity index (χ4v) is 6.43. The van der Waals surface area contributed by atoms with Gasteiger partial charge in [0.05, 0.1) is 35.1 Å². The molecule has 4 heterocycles. The van der Waals surface area contributed by atoms with Gasteiger partial charge in [0, 0.05) is 62.3 Å². The molecule has 2 aliphatic heterocycles. The molecular formula is C35H37ClFN5O2. The fraction of sp³-hybridized carbons (Fsp3) is 0.343. The molecule has 7 nitrogen and oxygen atoms in total. The summed E-state index contributed by atoms with van der Waals surface area (Å²) >= 11 is 6.92. The molecule has 0 saturated carbocycles. The molecule has 0 spiro atoms. The van der Waals surface area contributed by atoms with Gasteiger partial charge in [-0.1, -0.05) is 68.4 Å². The number of nitrogens with zero attached hydrogens (tertiary/aromatic N) is 5. The topological polar surface area (TPSA) is 61.8 Å². The molecule has 2 fully saturated rings. The van der Waals surface area contributed by atoms with E-state index in [4.69, 9.17) is 26.3 Å². The summed E-state index contributed by atoms with van der Waals surface area (Å²) in [5, 5.41) is 1.16. The Kier molecular flexibility index (Phi) is 8.93. The number of carbonyl (C=O) groups excluding carboxylic acids is 1. The summed E-state index contributed by atoms with van der Waals surface area (Å²) in [7, 11) is 0. The second-order valence-electron chi connectivity index (χ2n) is 11.6. The molecule has 9 heteroatoms. The van der Waals surface area contributed by atoms with Crippen LogP contribution in [-0.2, 0) is 16.1 Å². The number of pyridine rings is 2. The first-order valence-electron chi connectivity index (χ1n) is 15.2. The van der Waals surface area contributed by atoms with Crippen LogP contribution in [0.1, 0.15) is 31.0 Å². The van der Waals surface area contributed by atoms with Crippen molar-refractivity contribution in [2.45, 2.75) is 26.3 Å². The van der Waals surface area contributed by atoms with Gasteiger partial charge in [-0.25, -0.2) is 14.4 Å². The Labute approximate surface area is 262 Å². The van der Waals surface area contributed by atoms with Crippen LogP contribution in [-0.4, -0.2) is 78.2 Å². The molecule has 2 aliphatic rings. The molecule has 0 atom stereocenters. The first kappa shape index (κ1) is 30.2. The van der Waals surface area contributed by atoms with Crippen molar-refractivity contribution in [2.75, 3.05) is 57.4 Å². The number of rotatable bonds is 7. The fourth-order valence-electron chi connectivity index (χ4n) is 6.18. The maximum atomic E-state index is 15.2. The van der Waals surface area contributed by atoms with E-state index in [1.807, 2.05) is 12.1 Å². The Morgan fingerprint density at radius 3 is 2.36 bits per heavy atom. The van der Waals surface area contributed by atoms with Gasteiger partial charge in [0.25, 0.3) is 0 Å².